The Bertz CT molecular complexity index is 972. The Morgan fingerprint density at radius 1 is 0.356 bits per heavy atom. The molecular formula is C42H70N2O. The molecule has 14 atom stereocenters. The van der Waals surface area contributed by atoms with Crippen molar-refractivity contribution in [1.29, 1.82) is 0 Å². The third kappa shape index (κ3) is 6.04. The van der Waals surface area contributed by atoms with E-state index in [1.54, 1.807) is 44.9 Å². The van der Waals surface area contributed by atoms with Gasteiger partial charge in [-0.15, -0.1) is 0 Å². The van der Waals surface area contributed by atoms with Crippen molar-refractivity contribution in [3.05, 3.63) is 0 Å². The van der Waals surface area contributed by atoms with Crippen LogP contribution < -0.4 is 10.6 Å². The molecule has 0 amide bonds. The molecule has 2 heterocycles. The van der Waals surface area contributed by atoms with E-state index < -0.39 is 0 Å². The van der Waals surface area contributed by atoms with Crippen LogP contribution in [0.4, 0.5) is 0 Å². The molecule has 0 bridgehead atoms. The summed E-state index contributed by atoms with van der Waals surface area (Å²) >= 11 is 0. The van der Waals surface area contributed by atoms with E-state index in [0.717, 1.165) is 77.2 Å². The quantitative estimate of drug-likeness (QED) is 0.329. The average Bonchev–Trinajstić information content (AvgIpc) is 3.50. The monoisotopic (exact) mass is 619 g/mol. The van der Waals surface area contributed by atoms with Gasteiger partial charge in [0.1, 0.15) is 0 Å². The van der Waals surface area contributed by atoms with E-state index >= 15 is 0 Å². The summed E-state index contributed by atoms with van der Waals surface area (Å²) in [6.45, 7) is 0. The predicted octanol–water partition coefficient (Wildman–Crippen LogP) is 10.0. The van der Waals surface area contributed by atoms with Crippen LogP contribution in [-0.4, -0.2) is 30.5 Å². The third-order valence-corrected chi connectivity index (χ3v) is 16.9. The lowest BCUT2D eigenvalue weighted by atomic mass is 9.53. The van der Waals surface area contributed by atoms with Crippen LogP contribution in [0.25, 0.3) is 0 Å². The normalized spacial score (nSPS) is 51.5. The highest BCUT2D eigenvalue weighted by Gasteiger charge is 2.57. The SMILES string of the molecule is C1CCC(C2CCCC(C3CC4C5CC(C6NC7CCCCC7C(C7CCCCC7)N6)CCC5OC4C4CCCCC34)C2)CC1. The van der Waals surface area contributed by atoms with E-state index in [0.29, 0.717) is 18.4 Å². The Morgan fingerprint density at radius 3 is 1.84 bits per heavy atom. The third-order valence-electron chi connectivity index (χ3n) is 16.9. The molecule has 9 fully saturated rings. The van der Waals surface area contributed by atoms with E-state index in [1.165, 1.54) is 122 Å². The van der Waals surface area contributed by atoms with Gasteiger partial charge in [0.15, 0.2) is 0 Å². The van der Waals surface area contributed by atoms with Crippen LogP contribution in [0.15, 0.2) is 0 Å². The topological polar surface area (TPSA) is 33.3 Å². The Labute approximate surface area is 277 Å². The van der Waals surface area contributed by atoms with Gasteiger partial charge < -0.3 is 4.74 Å². The number of rotatable bonds is 4. The van der Waals surface area contributed by atoms with Gasteiger partial charge in [-0.3, -0.25) is 10.6 Å². The van der Waals surface area contributed by atoms with Crippen molar-refractivity contribution in [2.24, 2.45) is 65.1 Å². The molecule has 0 aromatic rings. The summed E-state index contributed by atoms with van der Waals surface area (Å²) in [5.74, 6) is 10.5. The molecular weight excluding hydrogens is 548 g/mol. The van der Waals surface area contributed by atoms with Gasteiger partial charge in [-0.1, -0.05) is 96.3 Å². The summed E-state index contributed by atoms with van der Waals surface area (Å²) in [4.78, 5) is 0. The van der Waals surface area contributed by atoms with Gasteiger partial charge in [0, 0.05) is 12.1 Å². The molecule has 9 rings (SSSR count). The maximum atomic E-state index is 7.29. The number of fused-ring (bicyclic) bond motifs is 6. The lowest BCUT2D eigenvalue weighted by Crippen LogP contribution is -2.68. The van der Waals surface area contributed by atoms with E-state index in [1.807, 2.05) is 0 Å². The fraction of sp³-hybridized carbons (Fsp3) is 1.00. The average molecular weight is 619 g/mol. The van der Waals surface area contributed by atoms with E-state index in [-0.39, 0.29) is 0 Å². The summed E-state index contributed by atoms with van der Waals surface area (Å²) in [6, 6.07) is 1.57. The summed E-state index contributed by atoms with van der Waals surface area (Å²) in [7, 11) is 0. The number of nitrogens with one attached hydrogen (secondary N) is 2. The molecule has 0 spiro atoms. The van der Waals surface area contributed by atoms with E-state index in [2.05, 4.69) is 10.6 Å². The van der Waals surface area contributed by atoms with Crippen molar-refractivity contribution in [1.82, 2.24) is 10.6 Å². The molecule has 2 saturated heterocycles. The molecule has 7 saturated carbocycles. The van der Waals surface area contributed by atoms with Crippen molar-refractivity contribution in [2.45, 2.75) is 197 Å². The first-order chi connectivity index (χ1) is 22.3. The molecule has 3 nitrogen and oxygen atoms in total. The summed E-state index contributed by atoms with van der Waals surface area (Å²) in [5.41, 5.74) is 0. The molecule has 0 radical (unpaired) electrons. The van der Waals surface area contributed by atoms with Gasteiger partial charge >= 0.3 is 0 Å². The highest BCUT2D eigenvalue weighted by Crippen LogP contribution is 2.60. The predicted molar refractivity (Wildman–Crippen MR) is 185 cm³/mol. The summed E-state index contributed by atoms with van der Waals surface area (Å²) in [6.07, 6.45) is 40.7. The zero-order valence-corrected chi connectivity index (χ0v) is 29.0. The Balaban J connectivity index is 0.918. The maximum Gasteiger partial charge on any atom is 0.0641 e. The summed E-state index contributed by atoms with van der Waals surface area (Å²) < 4.78 is 7.29. The molecule has 0 aromatic heterocycles. The van der Waals surface area contributed by atoms with Crippen molar-refractivity contribution in [2.75, 3.05) is 0 Å². The first kappa shape index (κ1) is 30.9. The van der Waals surface area contributed by atoms with Gasteiger partial charge in [0.25, 0.3) is 0 Å². The van der Waals surface area contributed by atoms with Crippen LogP contribution in [0.5, 0.6) is 0 Å². The van der Waals surface area contributed by atoms with E-state index in [4.69, 9.17) is 4.74 Å². The van der Waals surface area contributed by atoms with E-state index in [9.17, 15) is 0 Å². The highest BCUT2D eigenvalue weighted by atomic mass is 16.5. The van der Waals surface area contributed by atoms with Crippen LogP contribution in [0.2, 0.25) is 0 Å². The molecule has 254 valence electrons. The molecule has 45 heavy (non-hydrogen) atoms. The summed E-state index contributed by atoms with van der Waals surface area (Å²) in [5, 5.41) is 8.77. The molecule has 3 heteroatoms. The Hall–Kier alpha value is -0.120. The number of hydrogen-bond donors (Lipinski definition) is 2. The molecule has 0 aromatic carbocycles. The van der Waals surface area contributed by atoms with Crippen LogP contribution >= 0.6 is 0 Å². The standard InChI is InChI=1S/C42H70N2O/c1-3-12-27(13-4-1)29-16-11-17-30(24-29)35-26-37-36-25-31(22-23-39(36)45-41(37)33-19-8-7-18-32(33)35)42-43-38-21-10-9-20-34(38)40(44-42)28-14-5-2-6-15-28/h27-44H,1-26H2. The van der Waals surface area contributed by atoms with Crippen LogP contribution in [0, 0.1) is 65.1 Å². The van der Waals surface area contributed by atoms with Gasteiger partial charge in [-0.05, 0) is 136 Å². The second kappa shape index (κ2) is 13.7. The zero-order valence-electron chi connectivity index (χ0n) is 29.0. The minimum absolute atomic E-state index is 0.563. The number of hydrogen-bond acceptors (Lipinski definition) is 3. The lowest BCUT2D eigenvalue weighted by molar-refractivity contribution is -0.0888. The minimum Gasteiger partial charge on any atom is -0.374 e. The van der Waals surface area contributed by atoms with Gasteiger partial charge in [0.05, 0.1) is 18.4 Å². The largest absolute Gasteiger partial charge is 0.374 e. The van der Waals surface area contributed by atoms with Crippen LogP contribution in [-0.2, 0) is 4.74 Å². The lowest BCUT2D eigenvalue weighted by Gasteiger charge is -2.53. The molecule has 2 N–H and O–H groups in total. The molecule has 14 unspecified atom stereocenters. The second-order valence-electron chi connectivity index (χ2n) is 18.9. The molecule has 2 aliphatic heterocycles. The zero-order chi connectivity index (χ0) is 29.7. The maximum absolute atomic E-state index is 7.29. The van der Waals surface area contributed by atoms with Crippen LogP contribution in [0.1, 0.15) is 167 Å². The van der Waals surface area contributed by atoms with Crippen LogP contribution in [0.3, 0.4) is 0 Å². The van der Waals surface area contributed by atoms with Gasteiger partial charge in [-0.2, -0.15) is 0 Å². The number of ether oxygens (including phenoxy) is 1. The van der Waals surface area contributed by atoms with Crippen molar-refractivity contribution in [3.63, 3.8) is 0 Å². The fourth-order valence-corrected chi connectivity index (χ4v) is 14.9. The fourth-order valence-electron chi connectivity index (χ4n) is 14.9. The Kier molecular flexibility index (Phi) is 9.37. The highest BCUT2D eigenvalue weighted by molar-refractivity contribution is 5.07. The first-order valence-corrected chi connectivity index (χ1v) is 21.5. The smallest absolute Gasteiger partial charge is 0.0641 e. The van der Waals surface area contributed by atoms with Crippen molar-refractivity contribution < 1.29 is 4.74 Å². The second-order valence-corrected chi connectivity index (χ2v) is 18.9. The van der Waals surface area contributed by atoms with Gasteiger partial charge in [-0.25, -0.2) is 0 Å². The molecule has 9 aliphatic rings. The van der Waals surface area contributed by atoms with Crippen molar-refractivity contribution in [3.8, 4) is 0 Å². The minimum atomic E-state index is 0.563. The first-order valence-electron chi connectivity index (χ1n) is 21.5. The Morgan fingerprint density at radius 2 is 1.02 bits per heavy atom. The van der Waals surface area contributed by atoms with Crippen molar-refractivity contribution >= 4 is 0 Å². The van der Waals surface area contributed by atoms with Gasteiger partial charge in [0.2, 0.25) is 0 Å². The molecule has 7 aliphatic carbocycles.